The maximum Gasteiger partial charge on any atom is 0.0992 e. The summed E-state index contributed by atoms with van der Waals surface area (Å²) in [7, 11) is 0. The van der Waals surface area contributed by atoms with Gasteiger partial charge in [0, 0.05) is 12.6 Å². The molecule has 3 aliphatic rings. The molecular weight excluding hydrogens is 162 g/mol. The lowest BCUT2D eigenvalue weighted by Crippen LogP contribution is -2.56. The first-order valence-electron chi connectivity index (χ1n) is 5.77. The smallest absolute Gasteiger partial charge is 0.0992 e. The predicted octanol–water partition coefficient (Wildman–Crippen LogP) is 1.85. The highest BCUT2D eigenvalue weighted by molar-refractivity contribution is 4.93. The fourth-order valence-corrected chi connectivity index (χ4v) is 3.64. The van der Waals surface area contributed by atoms with E-state index in [0.29, 0.717) is 0 Å². The average molecular weight is 181 g/mol. The van der Waals surface area contributed by atoms with Gasteiger partial charge >= 0.3 is 0 Å². The van der Waals surface area contributed by atoms with Gasteiger partial charge in [-0.3, -0.25) is 4.90 Å². The molecule has 2 heteroatoms. The van der Waals surface area contributed by atoms with Gasteiger partial charge < -0.3 is 4.74 Å². The Labute approximate surface area is 80.2 Å². The van der Waals surface area contributed by atoms with E-state index in [-0.39, 0.29) is 0 Å². The number of piperidine rings is 1. The molecule has 0 aromatic rings. The number of rotatable bonds is 0. The Kier molecular flexibility index (Phi) is 2.06. The molecule has 0 bridgehead atoms. The maximum atomic E-state index is 5.65. The topological polar surface area (TPSA) is 12.5 Å². The number of ether oxygens (including phenoxy) is 1. The molecule has 3 fully saturated rings. The summed E-state index contributed by atoms with van der Waals surface area (Å²) in [5.41, 5.74) is 0. The van der Waals surface area contributed by atoms with E-state index in [0.717, 1.165) is 31.2 Å². The van der Waals surface area contributed by atoms with Crippen molar-refractivity contribution in [3.05, 3.63) is 0 Å². The summed E-state index contributed by atoms with van der Waals surface area (Å²) in [6, 6.07) is 0.899. The zero-order valence-corrected chi connectivity index (χ0v) is 8.24. The summed E-state index contributed by atoms with van der Waals surface area (Å²) in [4.78, 5) is 2.60. The minimum absolute atomic E-state index is 0.868. The fraction of sp³-hybridized carbons (Fsp3) is 1.00. The van der Waals surface area contributed by atoms with Crippen molar-refractivity contribution in [2.75, 3.05) is 19.9 Å². The molecule has 0 N–H and O–H groups in total. The van der Waals surface area contributed by atoms with Crippen LogP contribution in [0.4, 0.5) is 0 Å². The van der Waals surface area contributed by atoms with Gasteiger partial charge in [0.05, 0.1) is 13.3 Å². The second-order valence-electron chi connectivity index (χ2n) is 4.90. The average Bonchev–Trinajstić information content (AvgIpc) is 2.19. The lowest BCUT2D eigenvalue weighted by atomic mass is 9.72. The van der Waals surface area contributed by atoms with E-state index in [1.165, 1.54) is 38.6 Å². The van der Waals surface area contributed by atoms with Gasteiger partial charge in [0.2, 0.25) is 0 Å². The van der Waals surface area contributed by atoms with Gasteiger partial charge in [0.1, 0.15) is 0 Å². The summed E-state index contributed by atoms with van der Waals surface area (Å²) < 4.78 is 5.65. The SMILES string of the molecule is C1C[C@@H]2CCCN3COC[C@@H](C1)[C@H]23. The third-order valence-corrected chi connectivity index (χ3v) is 4.15. The van der Waals surface area contributed by atoms with E-state index in [1.54, 1.807) is 0 Å². The Balaban J connectivity index is 1.82. The van der Waals surface area contributed by atoms with Gasteiger partial charge in [-0.15, -0.1) is 0 Å². The van der Waals surface area contributed by atoms with E-state index in [9.17, 15) is 0 Å². The number of hydrogen-bond donors (Lipinski definition) is 0. The normalized spacial score (nSPS) is 45.7. The molecular formula is C11H19NO. The molecule has 13 heavy (non-hydrogen) atoms. The van der Waals surface area contributed by atoms with Crippen molar-refractivity contribution in [2.45, 2.75) is 38.1 Å². The first kappa shape index (κ1) is 8.25. The second kappa shape index (κ2) is 3.25. The molecule has 0 spiro atoms. The molecule has 1 aliphatic carbocycles. The highest BCUT2D eigenvalue weighted by atomic mass is 16.5. The number of hydrogen-bond acceptors (Lipinski definition) is 2. The number of nitrogens with zero attached hydrogens (tertiary/aromatic N) is 1. The summed E-state index contributed by atoms with van der Waals surface area (Å²) >= 11 is 0. The van der Waals surface area contributed by atoms with E-state index in [1.807, 2.05) is 0 Å². The van der Waals surface area contributed by atoms with Crippen LogP contribution < -0.4 is 0 Å². The Morgan fingerprint density at radius 3 is 2.85 bits per heavy atom. The van der Waals surface area contributed by atoms with Crippen LogP contribution in [-0.4, -0.2) is 30.8 Å². The van der Waals surface area contributed by atoms with Crippen molar-refractivity contribution in [1.82, 2.24) is 4.90 Å². The molecule has 0 unspecified atom stereocenters. The van der Waals surface area contributed by atoms with Crippen LogP contribution in [0.15, 0.2) is 0 Å². The molecule has 0 aromatic heterocycles. The molecule has 0 amide bonds. The van der Waals surface area contributed by atoms with Crippen LogP contribution in [0.25, 0.3) is 0 Å². The summed E-state index contributed by atoms with van der Waals surface area (Å²) in [5.74, 6) is 1.88. The highest BCUT2D eigenvalue weighted by Gasteiger charge is 2.41. The zero-order chi connectivity index (χ0) is 8.67. The molecule has 1 saturated carbocycles. The standard InChI is InChI=1S/C11H19NO/c1-3-9-5-2-6-12-8-13-7-10(4-1)11(9)12/h9-11H,1-8H2/t9-,10-,11+/m1/s1. The van der Waals surface area contributed by atoms with E-state index in [2.05, 4.69) is 4.90 Å². The minimum atomic E-state index is 0.868. The van der Waals surface area contributed by atoms with Gasteiger partial charge in [-0.2, -0.15) is 0 Å². The van der Waals surface area contributed by atoms with Crippen molar-refractivity contribution in [1.29, 1.82) is 0 Å². The monoisotopic (exact) mass is 181 g/mol. The second-order valence-corrected chi connectivity index (χ2v) is 4.90. The van der Waals surface area contributed by atoms with Gasteiger partial charge in [-0.05, 0) is 37.5 Å². The maximum absolute atomic E-state index is 5.65. The molecule has 2 nitrogen and oxygen atoms in total. The first-order chi connectivity index (χ1) is 6.45. The molecule has 0 radical (unpaired) electrons. The Morgan fingerprint density at radius 1 is 1.00 bits per heavy atom. The van der Waals surface area contributed by atoms with Crippen molar-refractivity contribution >= 4 is 0 Å². The molecule has 0 aromatic carbocycles. The fourth-order valence-electron chi connectivity index (χ4n) is 3.64. The molecule has 2 saturated heterocycles. The van der Waals surface area contributed by atoms with Crippen LogP contribution in [0.1, 0.15) is 32.1 Å². The Morgan fingerprint density at radius 2 is 1.85 bits per heavy atom. The third-order valence-electron chi connectivity index (χ3n) is 4.15. The summed E-state index contributed by atoms with van der Waals surface area (Å²) in [5, 5.41) is 0. The highest BCUT2D eigenvalue weighted by Crippen LogP contribution is 2.40. The van der Waals surface area contributed by atoms with Gasteiger partial charge in [0.15, 0.2) is 0 Å². The lowest BCUT2D eigenvalue weighted by molar-refractivity contribution is -0.128. The molecule has 3 atom stereocenters. The van der Waals surface area contributed by atoms with E-state index in [4.69, 9.17) is 4.74 Å². The summed E-state index contributed by atoms with van der Waals surface area (Å²) in [6.07, 6.45) is 7.23. The minimum Gasteiger partial charge on any atom is -0.366 e. The van der Waals surface area contributed by atoms with Crippen LogP contribution in [0.3, 0.4) is 0 Å². The summed E-state index contributed by atoms with van der Waals surface area (Å²) in [6.45, 7) is 3.24. The van der Waals surface area contributed by atoms with Gasteiger partial charge in [0.25, 0.3) is 0 Å². The van der Waals surface area contributed by atoms with Crippen molar-refractivity contribution in [2.24, 2.45) is 11.8 Å². The van der Waals surface area contributed by atoms with E-state index >= 15 is 0 Å². The molecule has 74 valence electrons. The molecule has 3 rings (SSSR count). The van der Waals surface area contributed by atoms with Crippen LogP contribution in [0.2, 0.25) is 0 Å². The predicted molar refractivity (Wildman–Crippen MR) is 51.4 cm³/mol. The van der Waals surface area contributed by atoms with Crippen molar-refractivity contribution in [3.8, 4) is 0 Å². The van der Waals surface area contributed by atoms with Crippen LogP contribution in [0, 0.1) is 11.8 Å². The van der Waals surface area contributed by atoms with Gasteiger partial charge in [-0.25, -0.2) is 0 Å². The quantitative estimate of drug-likeness (QED) is 0.565. The largest absolute Gasteiger partial charge is 0.366 e. The van der Waals surface area contributed by atoms with Crippen molar-refractivity contribution < 1.29 is 4.74 Å². The Hall–Kier alpha value is -0.0800. The van der Waals surface area contributed by atoms with Crippen LogP contribution in [0.5, 0.6) is 0 Å². The first-order valence-corrected chi connectivity index (χ1v) is 5.77. The van der Waals surface area contributed by atoms with E-state index < -0.39 is 0 Å². The lowest BCUT2D eigenvalue weighted by Gasteiger charge is -2.51. The molecule has 2 heterocycles. The van der Waals surface area contributed by atoms with Crippen molar-refractivity contribution in [3.63, 3.8) is 0 Å². The van der Waals surface area contributed by atoms with Crippen LogP contribution in [-0.2, 0) is 4.74 Å². The third kappa shape index (κ3) is 1.31. The zero-order valence-electron chi connectivity index (χ0n) is 8.24. The molecule has 2 aliphatic heterocycles. The van der Waals surface area contributed by atoms with Gasteiger partial charge in [-0.1, -0.05) is 6.42 Å². The van der Waals surface area contributed by atoms with Crippen LogP contribution >= 0.6 is 0 Å². The Bertz CT molecular complexity index is 149.